The third-order valence-corrected chi connectivity index (χ3v) is 3.79. The fourth-order valence-corrected chi connectivity index (χ4v) is 2.57. The van der Waals surface area contributed by atoms with Gasteiger partial charge in [0.2, 0.25) is 0 Å². The van der Waals surface area contributed by atoms with Crippen LogP contribution in [0.4, 0.5) is 5.69 Å². The minimum Gasteiger partial charge on any atom is -0.370 e. The van der Waals surface area contributed by atoms with Crippen molar-refractivity contribution in [1.29, 1.82) is 0 Å². The molecule has 0 saturated carbocycles. The van der Waals surface area contributed by atoms with Crippen molar-refractivity contribution < 1.29 is 0 Å². The van der Waals surface area contributed by atoms with E-state index in [-0.39, 0.29) is 0 Å². The summed E-state index contributed by atoms with van der Waals surface area (Å²) in [7, 11) is 0. The van der Waals surface area contributed by atoms with E-state index in [1.165, 1.54) is 36.2 Å². The normalized spacial score (nSPS) is 19.9. The number of anilines is 1. The summed E-state index contributed by atoms with van der Waals surface area (Å²) in [5.74, 6) is 0. The maximum atomic E-state index is 3.62. The predicted octanol–water partition coefficient (Wildman–Crippen LogP) is 2.88. The van der Waals surface area contributed by atoms with E-state index in [4.69, 9.17) is 0 Å². The van der Waals surface area contributed by atoms with Crippen molar-refractivity contribution in [2.45, 2.75) is 39.7 Å². The van der Waals surface area contributed by atoms with E-state index in [9.17, 15) is 0 Å². The molecule has 0 amide bonds. The van der Waals surface area contributed by atoms with Gasteiger partial charge in [-0.25, -0.2) is 0 Å². The monoisotopic (exact) mass is 232 g/mol. The fourth-order valence-electron chi connectivity index (χ4n) is 2.57. The second kappa shape index (κ2) is 5.54. The summed E-state index contributed by atoms with van der Waals surface area (Å²) in [6.07, 6.45) is 2.49. The van der Waals surface area contributed by atoms with Gasteiger partial charge in [-0.3, -0.25) is 0 Å². The third-order valence-electron chi connectivity index (χ3n) is 3.79. The molecule has 0 radical (unpaired) electrons. The number of hydrogen-bond acceptors (Lipinski definition) is 2. The Bertz CT molecular complexity index is 373. The molecule has 1 aliphatic rings. The quantitative estimate of drug-likeness (QED) is 0.858. The number of benzene rings is 1. The van der Waals surface area contributed by atoms with Crippen LogP contribution in [-0.2, 0) is 0 Å². The Hall–Kier alpha value is -1.02. The third kappa shape index (κ3) is 2.81. The Morgan fingerprint density at radius 1 is 1.35 bits per heavy atom. The van der Waals surface area contributed by atoms with Crippen molar-refractivity contribution in [3.05, 3.63) is 29.3 Å². The van der Waals surface area contributed by atoms with Crippen LogP contribution in [0.15, 0.2) is 18.2 Å². The van der Waals surface area contributed by atoms with Gasteiger partial charge >= 0.3 is 0 Å². The van der Waals surface area contributed by atoms with E-state index in [1.54, 1.807) is 0 Å². The highest BCUT2D eigenvalue weighted by atomic mass is 15.2. The van der Waals surface area contributed by atoms with E-state index in [0.717, 1.165) is 13.1 Å². The fraction of sp³-hybridized carbons (Fsp3) is 0.600. The number of hydrogen-bond donors (Lipinski definition) is 1. The number of rotatable bonds is 4. The van der Waals surface area contributed by atoms with E-state index < -0.39 is 0 Å². The largest absolute Gasteiger partial charge is 0.370 e. The van der Waals surface area contributed by atoms with Crippen molar-refractivity contribution in [2.24, 2.45) is 0 Å². The summed E-state index contributed by atoms with van der Waals surface area (Å²) in [5, 5.41) is 3.62. The maximum absolute atomic E-state index is 3.62. The highest BCUT2D eigenvalue weighted by Crippen LogP contribution is 2.26. The van der Waals surface area contributed by atoms with Crippen molar-refractivity contribution in [1.82, 2.24) is 5.32 Å². The summed E-state index contributed by atoms with van der Waals surface area (Å²) in [6.45, 7) is 10.1. The summed E-state index contributed by atoms with van der Waals surface area (Å²) in [5.41, 5.74) is 4.25. The lowest BCUT2D eigenvalue weighted by Crippen LogP contribution is -2.33. The van der Waals surface area contributed by atoms with E-state index in [0.29, 0.717) is 6.04 Å². The minimum absolute atomic E-state index is 0.676. The zero-order valence-corrected chi connectivity index (χ0v) is 11.3. The van der Waals surface area contributed by atoms with Crippen LogP contribution in [0.25, 0.3) is 0 Å². The molecule has 1 aromatic rings. The molecule has 2 nitrogen and oxygen atoms in total. The molecular formula is C15H24N2. The summed E-state index contributed by atoms with van der Waals surface area (Å²) in [4.78, 5) is 2.52. The molecule has 1 N–H and O–H groups in total. The second-order valence-electron chi connectivity index (χ2n) is 5.10. The van der Waals surface area contributed by atoms with Gasteiger partial charge in [-0.15, -0.1) is 0 Å². The second-order valence-corrected chi connectivity index (χ2v) is 5.10. The zero-order chi connectivity index (χ0) is 12.3. The lowest BCUT2D eigenvalue weighted by atomic mass is 10.1. The highest BCUT2D eigenvalue weighted by molar-refractivity contribution is 5.56. The van der Waals surface area contributed by atoms with E-state index in [1.807, 2.05) is 0 Å². The molecule has 1 saturated heterocycles. The molecule has 2 rings (SSSR count). The van der Waals surface area contributed by atoms with Gasteiger partial charge in [0.25, 0.3) is 0 Å². The molecule has 1 aliphatic heterocycles. The highest BCUT2D eigenvalue weighted by Gasteiger charge is 2.22. The van der Waals surface area contributed by atoms with Crippen LogP contribution >= 0.6 is 0 Å². The topological polar surface area (TPSA) is 15.3 Å². The Labute approximate surface area is 105 Å². The Morgan fingerprint density at radius 3 is 2.94 bits per heavy atom. The average molecular weight is 232 g/mol. The Balaban J connectivity index is 2.02. The standard InChI is InChI=1S/C15H24N2/c1-4-9-16-14-8-10-17(11-14)15-7-5-6-12(2)13(15)3/h5-7,14,16H,4,8-11H2,1-3H3. The first-order valence-electron chi connectivity index (χ1n) is 6.77. The molecule has 94 valence electrons. The van der Waals surface area contributed by atoms with Crippen molar-refractivity contribution in [3.63, 3.8) is 0 Å². The van der Waals surface area contributed by atoms with Crippen LogP contribution < -0.4 is 10.2 Å². The molecule has 0 bridgehead atoms. The van der Waals surface area contributed by atoms with Gasteiger partial charge in [-0.2, -0.15) is 0 Å². The number of nitrogens with one attached hydrogen (secondary N) is 1. The molecule has 2 heteroatoms. The number of nitrogens with zero attached hydrogens (tertiary/aromatic N) is 1. The molecule has 17 heavy (non-hydrogen) atoms. The van der Waals surface area contributed by atoms with Gasteiger partial charge in [0.1, 0.15) is 0 Å². The van der Waals surface area contributed by atoms with Crippen molar-refractivity contribution in [2.75, 3.05) is 24.5 Å². The smallest absolute Gasteiger partial charge is 0.0399 e. The minimum atomic E-state index is 0.676. The van der Waals surface area contributed by atoms with E-state index in [2.05, 4.69) is 49.2 Å². The molecule has 1 heterocycles. The Morgan fingerprint density at radius 2 is 2.18 bits per heavy atom. The van der Waals surface area contributed by atoms with Gasteiger partial charge < -0.3 is 10.2 Å². The maximum Gasteiger partial charge on any atom is 0.0399 e. The molecule has 0 spiro atoms. The molecule has 1 atom stereocenters. The van der Waals surface area contributed by atoms with Crippen molar-refractivity contribution in [3.8, 4) is 0 Å². The van der Waals surface area contributed by atoms with Crippen LogP contribution in [0.3, 0.4) is 0 Å². The average Bonchev–Trinajstić information content (AvgIpc) is 2.78. The van der Waals surface area contributed by atoms with Crippen LogP contribution in [0, 0.1) is 13.8 Å². The van der Waals surface area contributed by atoms with Crippen LogP contribution in [-0.4, -0.2) is 25.7 Å². The van der Waals surface area contributed by atoms with Crippen molar-refractivity contribution >= 4 is 5.69 Å². The first-order valence-corrected chi connectivity index (χ1v) is 6.77. The molecular weight excluding hydrogens is 208 g/mol. The zero-order valence-electron chi connectivity index (χ0n) is 11.3. The summed E-state index contributed by atoms with van der Waals surface area (Å²) >= 11 is 0. The molecule has 0 aliphatic carbocycles. The van der Waals surface area contributed by atoms with Gasteiger partial charge in [-0.1, -0.05) is 19.1 Å². The van der Waals surface area contributed by atoms with Gasteiger partial charge in [0, 0.05) is 24.8 Å². The first kappa shape index (κ1) is 12.4. The lowest BCUT2D eigenvalue weighted by molar-refractivity contribution is 0.549. The molecule has 1 fully saturated rings. The lowest BCUT2D eigenvalue weighted by Gasteiger charge is -2.22. The van der Waals surface area contributed by atoms with Gasteiger partial charge in [0.05, 0.1) is 0 Å². The van der Waals surface area contributed by atoms with Crippen LogP contribution in [0.1, 0.15) is 30.9 Å². The molecule has 1 unspecified atom stereocenters. The SMILES string of the molecule is CCCNC1CCN(c2cccc(C)c2C)C1. The van der Waals surface area contributed by atoms with E-state index >= 15 is 0 Å². The molecule has 0 aromatic heterocycles. The molecule has 1 aromatic carbocycles. The number of aryl methyl sites for hydroxylation is 1. The van der Waals surface area contributed by atoms with Gasteiger partial charge in [-0.05, 0) is 50.4 Å². The summed E-state index contributed by atoms with van der Waals surface area (Å²) in [6, 6.07) is 7.30. The first-order chi connectivity index (χ1) is 8.22. The Kier molecular flexibility index (Phi) is 4.06. The van der Waals surface area contributed by atoms with Crippen LogP contribution in [0.5, 0.6) is 0 Å². The predicted molar refractivity (Wildman–Crippen MR) is 74.8 cm³/mol. The van der Waals surface area contributed by atoms with Gasteiger partial charge in [0.15, 0.2) is 0 Å². The summed E-state index contributed by atoms with van der Waals surface area (Å²) < 4.78 is 0. The van der Waals surface area contributed by atoms with Crippen LogP contribution in [0.2, 0.25) is 0 Å².